The Morgan fingerprint density at radius 3 is 2.37 bits per heavy atom. The van der Waals surface area contributed by atoms with Crippen LogP contribution >= 0.6 is 0 Å². The first kappa shape index (κ1) is 26.8. The maximum atomic E-state index is 13.3. The molecule has 1 unspecified atom stereocenters. The normalized spacial score (nSPS) is 16.7. The standard InChI is InChI=1S/C30H32N2O6/c1-31(2)15-16-32-27(26(29(34)30(32)35)28(33)22-11-8-12-23(17-22)36-3)21-13-14-24(25(18-21)37-4)38-19-20-9-6-5-7-10-20/h5-14,17-18,27,33H,15-16,19H2,1-4H3/b28-26+. The molecule has 8 heteroatoms. The zero-order chi connectivity index (χ0) is 27.2. The van der Waals surface area contributed by atoms with Gasteiger partial charge in [-0.1, -0.05) is 48.5 Å². The molecule has 1 saturated heterocycles. The van der Waals surface area contributed by atoms with E-state index in [9.17, 15) is 14.7 Å². The van der Waals surface area contributed by atoms with E-state index in [0.717, 1.165) is 5.56 Å². The van der Waals surface area contributed by atoms with Crippen LogP contribution in [0.3, 0.4) is 0 Å². The first-order chi connectivity index (χ1) is 18.3. The van der Waals surface area contributed by atoms with Gasteiger partial charge in [-0.05, 0) is 49.5 Å². The number of methoxy groups -OCH3 is 2. The predicted octanol–water partition coefficient (Wildman–Crippen LogP) is 4.27. The van der Waals surface area contributed by atoms with Crippen molar-refractivity contribution in [2.75, 3.05) is 41.4 Å². The number of carbonyl (C=O) groups is 2. The number of ether oxygens (including phenoxy) is 3. The number of likely N-dealkylation sites (N-methyl/N-ethyl adjacent to an activating group) is 1. The second kappa shape index (κ2) is 11.8. The van der Waals surface area contributed by atoms with Crippen LogP contribution in [0, 0.1) is 0 Å². The van der Waals surface area contributed by atoms with Crippen molar-refractivity contribution in [2.24, 2.45) is 0 Å². The number of ketones is 1. The molecule has 198 valence electrons. The molecular weight excluding hydrogens is 484 g/mol. The number of Topliss-reactive ketones (excluding diaryl/α,β-unsaturated/α-hetero) is 1. The molecule has 1 heterocycles. The van der Waals surface area contributed by atoms with Gasteiger partial charge < -0.3 is 29.1 Å². The third-order valence-corrected chi connectivity index (χ3v) is 6.41. The molecule has 1 aliphatic rings. The third-order valence-electron chi connectivity index (χ3n) is 6.41. The SMILES string of the molecule is COc1cccc(/C(O)=C2\C(=O)C(=O)N(CCN(C)C)C2c2ccc(OCc3ccccc3)c(OC)c2)c1. The Morgan fingerprint density at radius 2 is 1.68 bits per heavy atom. The Bertz CT molecular complexity index is 1340. The molecule has 1 atom stereocenters. The van der Waals surface area contributed by atoms with Crippen molar-refractivity contribution in [3.05, 3.63) is 95.1 Å². The Hall–Kier alpha value is -4.30. The molecule has 1 N–H and O–H groups in total. The van der Waals surface area contributed by atoms with Crippen LogP contribution < -0.4 is 14.2 Å². The molecule has 0 aliphatic carbocycles. The molecule has 0 radical (unpaired) electrons. The van der Waals surface area contributed by atoms with Crippen LogP contribution in [0.4, 0.5) is 0 Å². The summed E-state index contributed by atoms with van der Waals surface area (Å²) < 4.78 is 16.9. The second-order valence-corrected chi connectivity index (χ2v) is 9.21. The number of aliphatic hydroxyl groups is 1. The lowest BCUT2D eigenvalue weighted by Gasteiger charge is -2.27. The zero-order valence-electron chi connectivity index (χ0n) is 22.0. The minimum Gasteiger partial charge on any atom is -0.507 e. The molecule has 0 spiro atoms. The summed E-state index contributed by atoms with van der Waals surface area (Å²) in [7, 11) is 6.84. The first-order valence-corrected chi connectivity index (χ1v) is 12.3. The summed E-state index contributed by atoms with van der Waals surface area (Å²) in [6.07, 6.45) is 0. The summed E-state index contributed by atoms with van der Waals surface area (Å²) in [6, 6.07) is 21.0. The molecule has 1 fully saturated rings. The lowest BCUT2D eigenvalue weighted by molar-refractivity contribution is -0.140. The number of hydrogen-bond acceptors (Lipinski definition) is 7. The molecule has 1 amide bonds. The Kier molecular flexibility index (Phi) is 8.33. The van der Waals surface area contributed by atoms with Gasteiger partial charge >= 0.3 is 0 Å². The van der Waals surface area contributed by atoms with Crippen molar-refractivity contribution in [3.63, 3.8) is 0 Å². The van der Waals surface area contributed by atoms with E-state index in [1.165, 1.54) is 19.1 Å². The van der Waals surface area contributed by atoms with Gasteiger partial charge in [0.2, 0.25) is 0 Å². The van der Waals surface area contributed by atoms with E-state index in [0.29, 0.717) is 48.1 Å². The van der Waals surface area contributed by atoms with E-state index in [-0.39, 0.29) is 11.3 Å². The molecule has 3 aromatic rings. The number of hydrogen-bond donors (Lipinski definition) is 1. The number of likely N-dealkylation sites (tertiary alicyclic amines) is 1. The van der Waals surface area contributed by atoms with Gasteiger partial charge in [0, 0.05) is 18.7 Å². The van der Waals surface area contributed by atoms with Crippen molar-refractivity contribution in [3.8, 4) is 17.2 Å². The Morgan fingerprint density at radius 1 is 0.921 bits per heavy atom. The average Bonchev–Trinajstić information content (AvgIpc) is 3.20. The predicted molar refractivity (Wildman–Crippen MR) is 144 cm³/mol. The molecule has 8 nitrogen and oxygen atoms in total. The quantitative estimate of drug-likeness (QED) is 0.245. The van der Waals surface area contributed by atoms with Crippen LogP contribution in [-0.2, 0) is 16.2 Å². The Balaban J connectivity index is 1.76. The molecule has 3 aromatic carbocycles. The summed E-state index contributed by atoms with van der Waals surface area (Å²) in [4.78, 5) is 29.9. The fourth-order valence-electron chi connectivity index (χ4n) is 4.40. The van der Waals surface area contributed by atoms with Crippen LogP contribution in [-0.4, -0.2) is 68.0 Å². The number of carbonyl (C=O) groups excluding carboxylic acids is 2. The number of nitrogens with zero attached hydrogens (tertiary/aromatic N) is 2. The van der Waals surface area contributed by atoms with Crippen LogP contribution in [0.5, 0.6) is 17.2 Å². The summed E-state index contributed by atoms with van der Waals surface area (Å²) in [5.74, 6) is -0.157. The minimum atomic E-state index is -0.807. The lowest BCUT2D eigenvalue weighted by atomic mass is 9.95. The van der Waals surface area contributed by atoms with Crippen molar-refractivity contribution >= 4 is 17.4 Å². The highest BCUT2D eigenvalue weighted by Crippen LogP contribution is 2.42. The van der Waals surface area contributed by atoms with Crippen LogP contribution in [0.15, 0.2) is 78.4 Å². The van der Waals surface area contributed by atoms with Crippen molar-refractivity contribution in [1.82, 2.24) is 9.80 Å². The first-order valence-electron chi connectivity index (χ1n) is 12.3. The topological polar surface area (TPSA) is 88.5 Å². The molecule has 1 aliphatic heterocycles. The summed E-state index contributed by atoms with van der Waals surface area (Å²) in [5.41, 5.74) is 2.03. The number of aliphatic hydroxyl groups excluding tert-OH is 1. The summed E-state index contributed by atoms with van der Waals surface area (Å²) in [6.45, 7) is 1.19. The van der Waals surface area contributed by atoms with E-state index >= 15 is 0 Å². The van der Waals surface area contributed by atoms with Gasteiger partial charge in [0.05, 0.1) is 25.8 Å². The Labute approximate surface area is 222 Å². The fourth-order valence-corrected chi connectivity index (χ4v) is 4.40. The van der Waals surface area contributed by atoms with E-state index in [1.807, 2.05) is 49.3 Å². The largest absolute Gasteiger partial charge is 0.507 e. The molecular formula is C30H32N2O6. The third kappa shape index (κ3) is 5.65. The lowest BCUT2D eigenvalue weighted by Crippen LogP contribution is -2.35. The highest BCUT2D eigenvalue weighted by molar-refractivity contribution is 6.46. The maximum Gasteiger partial charge on any atom is 0.295 e. The number of amides is 1. The maximum absolute atomic E-state index is 13.3. The van der Waals surface area contributed by atoms with Gasteiger partial charge in [0.15, 0.2) is 11.5 Å². The minimum absolute atomic E-state index is 0.0158. The second-order valence-electron chi connectivity index (χ2n) is 9.21. The molecule has 4 rings (SSSR count). The van der Waals surface area contributed by atoms with Gasteiger partial charge in [-0.15, -0.1) is 0 Å². The molecule has 0 aromatic heterocycles. The van der Waals surface area contributed by atoms with E-state index < -0.39 is 17.7 Å². The van der Waals surface area contributed by atoms with Crippen molar-refractivity contribution in [2.45, 2.75) is 12.6 Å². The molecule has 0 saturated carbocycles. The van der Waals surface area contributed by atoms with E-state index in [1.54, 1.807) is 42.5 Å². The van der Waals surface area contributed by atoms with Gasteiger partial charge in [0.1, 0.15) is 18.1 Å². The highest BCUT2D eigenvalue weighted by Gasteiger charge is 2.46. The number of benzene rings is 3. The van der Waals surface area contributed by atoms with E-state index in [4.69, 9.17) is 14.2 Å². The monoisotopic (exact) mass is 516 g/mol. The summed E-state index contributed by atoms with van der Waals surface area (Å²) in [5, 5.41) is 11.3. The number of rotatable bonds is 10. The average molecular weight is 517 g/mol. The van der Waals surface area contributed by atoms with E-state index in [2.05, 4.69) is 0 Å². The zero-order valence-corrected chi connectivity index (χ0v) is 22.0. The summed E-state index contributed by atoms with van der Waals surface area (Å²) >= 11 is 0. The van der Waals surface area contributed by atoms with Crippen LogP contribution in [0.1, 0.15) is 22.7 Å². The van der Waals surface area contributed by atoms with Gasteiger partial charge in [-0.3, -0.25) is 9.59 Å². The molecule has 38 heavy (non-hydrogen) atoms. The van der Waals surface area contributed by atoms with Crippen LogP contribution in [0.2, 0.25) is 0 Å². The van der Waals surface area contributed by atoms with Crippen molar-refractivity contribution in [1.29, 1.82) is 0 Å². The highest BCUT2D eigenvalue weighted by atomic mass is 16.5. The van der Waals surface area contributed by atoms with Gasteiger partial charge in [-0.25, -0.2) is 0 Å². The van der Waals surface area contributed by atoms with Crippen molar-refractivity contribution < 1.29 is 28.9 Å². The molecule has 0 bridgehead atoms. The smallest absolute Gasteiger partial charge is 0.295 e. The fraction of sp³-hybridized carbons (Fsp3) is 0.267. The van der Waals surface area contributed by atoms with Gasteiger partial charge in [0.25, 0.3) is 11.7 Å². The van der Waals surface area contributed by atoms with Gasteiger partial charge in [-0.2, -0.15) is 0 Å². The van der Waals surface area contributed by atoms with Crippen LogP contribution in [0.25, 0.3) is 5.76 Å².